The molecule has 2 atom stereocenters. The van der Waals surface area contributed by atoms with Crippen molar-refractivity contribution in [3.05, 3.63) is 51.2 Å². The number of benzene rings is 1. The first-order valence-electron chi connectivity index (χ1n) is 7.63. The maximum atomic E-state index is 12.9. The molecule has 0 aliphatic heterocycles. The number of thiazole rings is 1. The van der Waals surface area contributed by atoms with Crippen LogP contribution in [0.25, 0.3) is 0 Å². The minimum Gasteiger partial charge on any atom is -0.387 e. The molecule has 1 aromatic carbocycles. The average molecular weight is 338 g/mol. The first-order valence-corrected chi connectivity index (χ1v) is 8.45. The Morgan fingerprint density at radius 1 is 1.35 bits per heavy atom. The van der Waals surface area contributed by atoms with Gasteiger partial charge in [-0.05, 0) is 31.5 Å². The maximum Gasteiger partial charge on any atom is 0.123 e. The highest BCUT2D eigenvalue weighted by molar-refractivity contribution is 7.11. The van der Waals surface area contributed by atoms with Crippen LogP contribution in [0.5, 0.6) is 0 Å². The van der Waals surface area contributed by atoms with Crippen LogP contribution in [-0.4, -0.2) is 30.4 Å². The van der Waals surface area contributed by atoms with Gasteiger partial charge >= 0.3 is 0 Å². The van der Waals surface area contributed by atoms with Crippen LogP contribution in [0.15, 0.2) is 24.3 Å². The van der Waals surface area contributed by atoms with Crippen LogP contribution in [0.2, 0.25) is 0 Å². The summed E-state index contributed by atoms with van der Waals surface area (Å²) in [7, 11) is 1.68. The van der Waals surface area contributed by atoms with E-state index in [1.165, 1.54) is 17.0 Å². The zero-order chi connectivity index (χ0) is 16.8. The van der Waals surface area contributed by atoms with Gasteiger partial charge in [0.2, 0.25) is 0 Å². The minimum atomic E-state index is -0.667. The number of methoxy groups -OCH3 is 1. The SMILES string of the molecule is COCCc1nc(C)c(C(C)NCC(O)c2ccc(F)cc2)s1. The Kier molecular flexibility index (Phi) is 6.65. The number of nitrogens with zero attached hydrogens (tertiary/aromatic N) is 1. The number of nitrogens with one attached hydrogen (secondary N) is 1. The van der Waals surface area contributed by atoms with Gasteiger partial charge in [-0.1, -0.05) is 12.1 Å². The molecule has 2 N–H and O–H groups in total. The van der Waals surface area contributed by atoms with Crippen LogP contribution in [0.3, 0.4) is 0 Å². The lowest BCUT2D eigenvalue weighted by molar-refractivity contribution is 0.171. The van der Waals surface area contributed by atoms with Gasteiger partial charge in [0, 0.05) is 31.0 Å². The first-order chi connectivity index (χ1) is 11.0. The fourth-order valence-corrected chi connectivity index (χ4v) is 3.42. The molecule has 0 bridgehead atoms. The Labute approximate surface area is 140 Å². The van der Waals surface area contributed by atoms with Crippen molar-refractivity contribution in [1.29, 1.82) is 0 Å². The molecule has 1 aromatic heterocycles. The Bertz CT molecular complexity index is 616. The third-order valence-corrected chi connectivity index (χ3v) is 5.06. The minimum absolute atomic E-state index is 0.0962. The van der Waals surface area contributed by atoms with E-state index in [0.717, 1.165) is 17.1 Å². The summed E-state index contributed by atoms with van der Waals surface area (Å²) in [6.45, 7) is 5.11. The standard InChI is InChI=1S/C17H23FN2O2S/c1-11(17-12(2)20-16(23-17)8-9-22-3)19-10-15(21)13-4-6-14(18)7-5-13/h4-7,11,15,19,21H,8-10H2,1-3H3. The summed E-state index contributed by atoms with van der Waals surface area (Å²) in [6, 6.07) is 6.02. The van der Waals surface area contributed by atoms with E-state index in [-0.39, 0.29) is 11.9 Å². The maximum absolute atomic E-state index is 12.9. The molecule has 1 heterocycles. The quantitative estimate of drug-likeness (QED) is 0.776. The summed E-state index contributed by atoms with van der Waals surface area (Å²) in [5, 5.41) is 14.6. The first kappa shape index (κ1) is 18.0. The van der Waals surface area contributed by atoms with E-state index in [1.807, 2.05) is 6.92 Å². The van der Waals surface area contributed by atoms with Gasteiger partial charge < -0.3 is 15.2 Å². The van der Waals surface area contributed by atoms with E-state index in [2.05, 4.69) is 17.2 Å². The summed E-state index contributed by atoms with van der Waals surface area (Å²) in [6.07, 6.45) is 0.145. The predicted molar refractivity (Wildman–Crippen MR) is 90.2 cm³/mol. The lowest BCUT2D eigenvalue weighted by atomic mass is 10.1. The van der Waals surface area contributed by atoms with Gasteiger partial charge in [-0.3, -0.25) is 0 Å². The van der Waals surface area contributed by atoms with Crippen LogP contribution in [0.4, 0.5) is 4.39 Å². The molecule has 2 aromatic rings. The number of halogens is 1. The summed E-state index contributed by atoms with van der Waals surface area (Å²) in [5.74, 6) is -0.300. The number of aliphatic hydroxyl groups excluding tert-OH is 1. The van der Waals surface area contributed by atoms with E-state index >= 15 is 0 Å². The van der Waals surface area contributed by atoms with Crippen LogP contribution < -0.4 is 5.32 Å². The zero-order valence-corrected chi connectivity index (χ0v) is 14.5. The van der Waals surface area contributed by atoms with Crippen molar-refractivity contribution in [2.45, 2.75) is 32.4 Å². The fraction of sp³-hybridized carbons (Fsp3) is 0.471. The molecule has 0 fully saturated rings. The number of hydrogen-bond donors (Lipinski definition) is 2. The van der Waals surface area contributed by atoms with Gasteiger partial charge in [-0.15, -0.1) is 11.3 Å². The van der Waals surface area contributed by atoms with Crippen molar-refractivity contribution in [2.75, 3.05) is 20.3 Å². The second-order valence-electron chi connectivity index (χ2n) is 5.50. The predicted octanol–water partition coefficient (Wildman–Crippen LogP) is 3.16. The number of ether oxygens (including phenoxy) is 1. The molecule has 0 saturated heterocycles. The van der Waals surface area contributed by atoms with Gasteiger partial charge in [0.25, 0.3) is 0 Å². The lowest BCUT2D eigenvalue weighted by Crippen LogP contribution is -2.24. The van der Waals surface area contributed by atoms with E-state index < -0.39 is 6.10 Å². The molecule has 23 heavy (non-hydrogen) atoms. The Morgan fingerprint density at radius 3 is 2.70 bits per heavy atom. The number of aliphatic hydroxyl groups is 1. The molecule has 2 rings (SSSR count). The highest BCUT2D eigenvalue weighted by Crippen LogP contribution is 2.26. The molecule has 0 aliphatic rings. The molecule has 0 aliphatic carbocycles. The fourth-order valence-electron chi connectivity index (χ4n) is 2.35. The summed E-state index contributed by atoms with van der Waals surface area (Å²) in [4.78, 5) is 5.73. The monoisotopic (exact) mass is 338 g/mol. The van der Waals surface area contributed by atoms with Crippen molar-refractivity contribution >= 4 is 11.3 Å². The second kappa shape index (κ2) is 8.49. The van der Waals surface area contributed by atoms with E-state index in [1.54, 1.807) is 30.6 Å². The van der Waals surface area contributed by atoms with E-state index in [4.69, 9.17) is 4.74 Å². The topological polar surface area (TPSA) is 54.4 Å². The average Bonchev–Trinajstić information content (AvgIpc) is 2.92. The third-order valence-electron chi connectivity index (χ3n) is 3.66. The Balaban J connectivity index is 1.92. The van der Waals surface area contributed by atoms with Crippen LogP contribution in [0.1, 0.15) is 40.2 Å². The van der Waals surface area contributed by atoms with Gasteiger partial charge in [-0.25, -0.2) is 9.37 Å². The van der Waals surface area contributed by atoms with Crippen LogP contribution >= 0.6 is 11.3 Å². The molecule has 0 spiro atoms. The zero-order valence-electron chi connectivity index (χ0n) is 13.7. The summed E-state index contributed by atoms with van der Waals surface area (Å²) in [5.41, 5.74) is 1.71. The molecule has 6 heteroatoms. The van der Waals surface area contributed by atoms with Gasteiger partial charge in [0.15, 0.2) is 0 Å². The highest BCUT2D eigenvalue weighted by atomic mass is 32.1. The van der Waals surface area contributed by atoms with E-state index in [0.29, 0.717) is 18.7 Å². The smallest absolute Gasteiger partial charge is 0.123 e. The van der Waals surface area contributed by atoms with Crippen molar-refractivity contribution in [3.63, 3.8) is 0 Å². The summed E-state index contributed by atoms with van der Waals surface area (Å²) >= 11 is 1.67. The number of hydrogen-bond acceptors (Lipinski definition) is 5. The van der Waals surface area contributed by atoms with Gasteiger partial charge in [0.05, 0.1) is 23.4 Å². The van der Waals surface area contributed by atoms with Crippen LogP contribution in [0, 0.1) is 12.7 Å². The number of aryl methyl sites for hydroxylation is 1. The van der Waals surface area contributed by atoms with Gasteiger partial charge in [0.1, 0.15) is 5.82 Å². The normalized spacial score (nSPS) is 14.0. The summed E-state index contributed by atoms with van der Waals surface area (Å²) < 4.78 is 18.0. The van der Waals surface area contributed by atoms with Crippen molar-refractivity contribution in [3.8, 4) is 0 Å². The molecule has 0 saturated carbocycles. The van der Waals surface area contributed by atoms with Gasteiger partial charge in [-0.2, -0.15) is 0 Å². The molecular formula is C17H23FN2O2S. The lowest BCUT2D eigenvalue weighted by Gasteiger charge is -2.17. The van der Waals surface area contributed by atoms with Crippen molar-refractivity contribution in [1.82, 2.24) is 10.3 Å². The Hall–Kier alpha value is -1.34. The molecule has 2 unspecified atom stereocenters. The Morgan fingerprint density at radius 2 is 2.04 bits per heavy atom. The molecule has 0 radical (unpaired) electrons. The molecule has 0 amide bonds. The van der Waals surface area contributed by atoms with E-state index in [9.17, 15) is 9.50 Å². The third kappa shape index (κ3) is 5.07. The molecule has 126 valence electrons. The molecular weight excluding hydrogens is 315 g/mol. The molecule has 4 nitrogen and oxygen atoms in total. The van der Waals surface area contributed by atoms with Crippen molar-refractivity contribution < 1.29 is 14.2 Å². The number of rotatable bonds is 8. The van der Waals surface area contributed by atoms with Crippen LogP contribution in [-0.2, 0) is 11.2 Å². The second-order valence-corrected chi connectivity index (χ2v) is 6.61. The van der Waals surface area contributed by atoms with Crippen molar-refractivity contribution in [2.24, 2.45) is 0 Å². The number of aromatic nitrogens is 1. The highest BCUT2D eigenvalue weighted by Gasteiger charge is 2.16. The largest absolute Gasteiger partial charge is 0.387 e.